The number of para-hydroxylation sites is 2. The van der Waals surface area contributed by atoms with Gasteiger partial charge in [-0.2, -0.15) is 0 Å². The van der Waals surface area contributed by atoms with E-state index in [1.807, 2.05) is 48.5 Å². The van der Waals surface area contributed by atoms with Crippen LogP contribution in [0.5, 0.6) is 5.75 Å². The standard InChI is InChI=1S/C24H17N5O2S/c30-14-11-9-13(10-12-14)20-19-21(15-5-1-2-6-16(15)25-22(19)31)28-23(27-20)29-24-26-17-7-3-4-8-18(17)32-24/h1-12,20,30H,(H,25,31)(H2,26,27,28,29). The predicted octanol–water partition coefficient (Wildman–Crippen LogP) is 4.83. The number of rotatable bonds is 2. The van der Waals surface area contributed by atoms with Crippen molar-refractivity contribution in [3.05, 3.63) is 94.3 Å². The van der Waals surface area contributed by atoms with Gasteiger partial charge in [0.15, 0.2) is 5.13 Å². The van der Waals surface area contributed by atoms with E-state index >= 15 is 0 Å². The van der Waals surface area contributed by atoms with E-state index in [2.05, 4.69) is 20.6 Å². The van der Waals surface area contributed by atoms with Gasteiger partial charge < -0.3 is 20.7 Å². The number of phenols is 1. The first-order valence-corrected chi connectivity index (χ1v) is 10.9. The summed E-state index contributed by atoms with van der Waals surface area (Å²) in [6, 6.07) is 21.8. The number of hydrogen-bond acceptors (Lipinski definition) is 7. The second-order valence-electron chi connectivity index (χ2n) is 7.50. The lowest BCUT2D eigenvalue weighted by Crippen LogP contribution is -2.32. The topological polar surface area (TPSA) is 102 Å². The Balaban J connectivity index is 1.51. The van der Waals surface area contributed by atoms with Crippen molar-refractivity contribution in [2.75, 3.05) is 10.6 Å². The van der Waals surface area contributed by atoms with Gasteiger partial charge in [-0.15, -0.1) is 0 Å². The molecule has 0 saturated carbocycles. The van der Waals surface area contributed by atoms with E-state index in [1.54, 1.807) is 24.3 Å². The average molecular weight is 440 g/mol. The summed E-state index contributed by atoms with van der Waals surface area (Å²) in [5.41, 5.74) is 3.50. The summed E-state index contributed by atoms with van der Waals surface area (Å²) >= 11 is 1.53. The third-order valence-electron chi connectivity index (χ3n) is 5.46. The van der Waals surface area contributed by atoms with Gasteiger partial charge in [-0.25, -0.2) is 9.98 Å². The number of aromatic nitrogens is 2. The molecule has 3 heterocycles. The number of benzene rings is 3. The second-order valence-corrected chi connectivity index (χ2v) is 8.53. The summed E-state index contributed by atoms with van der Waals surface area (Å²) in [6.45, 7) is 0. The first-order valence-electron chi connectivity index (χ1n) is 10.1. The van der Waals surface area contributed by atoms with Gasteiger partial charge in [-0.1, -0.05) is 53.8 Å². The molecular formula is C24H17N5O2S. The molecule has 8 heteroatoms. The number of phenolic OH excluding ortho intramolecular Hbond substituents is 1. The minimum absolute atomic E-state index is 0.159. The maximum Gasteiger partial charge on any atom is 0.256 e. The molecule has 0 aliphatic carbocycles. The SMILES string of the molecule is O=c1[nH]c2ccccc2c2c1C(c1ccc(O)cc1)N=C(Nc1nc3ccccc3s1)N2. The number of nitrogens with one attached hydrogen (secondary N) is 3. The highest BCUT2D eigenvalue weighted by molar-refractivity contribution is 7.22. The highest BCUT2D eigenvalue weighted by atomic mass is 32.1. The smallest absolute Gasteiger partial charge is 0.256 e. The van der Waals surface area contributed by atoms with E-state index in [9.17, 15) is 9.90 Å². The summed E-state index contributed by atoms with van der Waals surface area (Å²) < 4.78 is 1.07. The monoisotopic (exact) mass is 439 g/mol. The molecule has 0 amide bonds. The third kappa shape index (κ3) is 3.09. The molecule has 6 rings (SSSR count). The molecule has 1 aliphatic heterocycles. The van der Waals surface area contributed by atoms with Crippen molar-refractivity contribution in [3.63, 3.8) is 0 Å². The average Bonchev–Trinajstić information content (AvgIpc) is 3.21. The minimum Gasteiger partial charge on any atom is -0.508 e. The summed E-state index contributed by atoms with van der Waals surface area (Å²) in [6.07, 6.45) is 0. The van der Waals surface area contributed by atoms with Crippen molar-refractivity contribution in [1.82, 2.24) is 9.97 Å². The van der Waals surface area contributed by atoms with Crippen molar-refractivity contribution in [3.8, 4) is 5.75 Å². The van der Waals surface area contributed by atoms with Crippen LogP contribution in [0.4, 0.5) is 10.8 Å². The molecule has 0 fully saturated rings. The van der Waals surface area contributed by atoms with Crippen LogP contribution in [0.3, 0.4) is 0 Å². The number of thiazole rings is 1. The van der Waals surface area contributed by atoms with E-state index in [0.29, 0.717) is 22.3 Å². The Kier molecular flexibility index (Phi) is 4.19. The van der Waals surface area contributed by atoms with Gasteiger partial charge >= 0.3 is 0 Å². The maximum absolute atomic E-state index is 13.1. The molecule has 32 heavy (non-hydrogen) atoms. The van der Waals surface area contributed by atoms with Crippen LogP contribution in [-0.4, -0.2) is 21.0 Å². The fourth-order valence-corrected chi connectivity index (χ4v) is 4.85. The first kappa shape index (κ1) is 18.6. The van der Waals surface area contributed by atoms with E-state index in [0.717, 1.165) is 26.7 Å². The summed E-state index contributed by atoms with van der Waals surface area (Å²) in [7, 11) is 0. The number of anilines is 2. The number of hydrogen-bond donors (Lipinski definition) is 4. The van der Waals surface area contributed by atoms with E-state index in [-0.39, 0.29) is 11.3 Å². The van der Waals surface area contributed by atoms with Crippen molar-refractivity contribution in [1.29, 1.82) is 0 Å². The molecule has 0 radical (unpaired) electrons. The maximum atomic E-state index is 13.1. The Morgan fingerprint density at radius 3 is 2.59 bits per heavy atom. The van der Waals surface area contributed by atoms with Gasteiger partial charge in [0, 0.05) is 5.39 Å². The molecule has 4 N–H and O–H groups in total. The van der Waals surface area contributed by atoms with Crippen LogP contribution < -0.4 is 16.2 Å². The largest absolute Gasteiger partial charge is 0.508 e. The second kappa shape index (κ2) is 7.21. The van der Waals surface area contributed by atoms with Crippen LogP contribution in [0.25, 0.3) is 21.1 Å². The third-order valence-corrected chi connectivity index (χ3v) is 6.41. The number of nitrogens with zero attached hydrogens (tertiary/aromatic N) is 2. The van der Waals surface area contributed by atoms with Crippen molar-refractivity contribution < 1.29 is 5.11 Å². The molecule has 7 nitrogen and oxygen atoms in total. The van der Waals surface area contributed by atoms with Crippen molar-refractivity contribution in [2.24, 2.45) is 4.99 Å². The highest BCUT2D eigenvalue weighted by Crippen LogP contribution is 2.37. The Morgan fingerprint density at radius 2 is 1.75 bits per heavy atom. The van der Waals surface area contributed by atoms with E-state index in [4.69, 9.17) is 4.99 Å². The quantitative estimate of drug-likeness (QED) is 0.316. The van der Waals surface area contributed by atoms with Gasteiger partial charge in [-0.05, 0) is 35.9 Å². The fourth-order valence-electron chi connectivity index (χ4n) is 3.99. The molecular weight excluding hydrogens is 422 g/mol. The molecule has 0 bridgehead atoms. The number of H-pyrrole nitrogens is 1. The molecule has 3 aromatic carbocycles. The van der Waals surface area contributed by atoms with E-state index < -0.39 is 6.04 Å². The number of pyridine rings is 1. The van der Waals surface area contributed by atoms with Gasteiger partial charge in [0.2, 0.25) is 5.96 Å². The van der Waals surface area contributed by atoms with Gasteiger partial charge in [0.25, 0.3) is 5.56 Å². The number of aromatic amines is 1. The lowest BCUT2D eigenvalue weighted by atomic mass is 9.95. The van der Waals surface area contributed by atoms with E-state index in [1.165, 1.54) is 11.3 Å². The number of fused-ring (bicyclic) bond motifs is 4. The number of guanidine groups is 1. The lowest BCUT2D eigenvalue weighted by Gasteiger charge is -2.26. The van der Waals surface area contributed by atoms with Crippen LogP contribution >= 0.6 is 11.3 Å². The Bertz CT molecular complexity index is 1540. The molecule has 0 saturated heterocycles. The Hall–Kier alpha value is -4.17. The zero-order valence-electron chi connectivity index (χ0n) is 16.7. The number of aliphatic imine (C=N–C) groups is 1. The van der Waals surface area contributed by atoms with Gasteiger partial charge in [0.1, 0.15) is 11.8 Å². The molecule has 156 valence electrons. The molecule has 5 aromatic rings. The minimum atomic E-state index is -0.544. The summed E-state index contributed by atoms with van der Waals surface area (Å²) in [4.78, 5) is 25.5. The van der Waals surface area contributed by atoms with Crippen molar-refractivity contribution in [2.45, 2.75) is 6.04 Å². The predicted molar refractivity (Wildman–Crippen MR) is 129 cm³/mol. The van der Waals surface area contributed by atoms with Gasteiger partial charge in [0.05, 0.1) is 27.0 Å². The van der Waals surface area contributed by atoms with Crippen LogP contribution in [0.2, 0.25) is 0 Å². The Morgan fingerprint density at radius 1 is 0.969 bits per heavy atom. The molecule has 1 aliphatic rings. The first-order chi connectivity index (χ1) is 15.7. The highest BCUT2D eigenvalue weighted by Gasteiger charge is 2.28. The van der Waals surface area contributed by atoms with Crippen LogP contribution in [0.15, 0.2) is 82.6 Å². The van der Waals surface area contributed by atoms with Crippen LogP contribution in [-0.2, 0) is 0 Å². The summed E-state index contributed by atoms with van der Waals surface area (Å²) in [5.74, 6) is 0.664. The molecule has 1 atom stereocenters. The van der Waals surface area contributed by atoms with Crippen molar-refractivity contribution >= 4 is 49.2 Å². The number of aromatic hydroxyl groups is 1. The lowest BCUT2D eigenvalue weighted by molar-refractivity contribution is 0.475. The van der Waals surface area contributed by atoms with Crippen LogP contribution in [0.1, 0.15) is 17.2 Å². The zero-order valence-corrected chi connectivity index (χ0v) is 17.5. The fraction of sp³-hybridized carbons (Fsp3) is 0.0417. The normalized spacial score (nSPS) is 15.2. The van der Waals surface area contributed by atoms with Crippen LogP contribution in [0, 0.1) is 0 Å². The molecule has 1 unspecified atom stereocenters. The van der Waals surface area contributed by atoms with Gasteiger partial charge in [-0.3, -0.25) is 4.79 Å². The Labute approximate surface area is 186 Å². The molecule has 0 spiro atoms. The summed E-state index contributed by atoms with van der Waals surface area (Å²) in [5, 5.41) is 17.9. The zero-order chi connectivity index (χ0) is 21.7. The molecule has 2 aromatic heterocycles.